The zero-order valence-electron chi connectivity index (χ0n) is 10.0. The maximum absolute atomic E-state index is 11.1. The van der Waals surface area contributed by atoms with E-state index < -0.39 is 5.54 Å². The Balaban J connectivity index is 2.67. The smallest absolute Gasteiger partial charge is 0.219 e. The summed E-state index contributed by atoms with van der Waals surface area (Å²) in [6.07, 6.45) is 1.72. The fourth-order valence-corrected chi connectivity index (χ4v) is 2.64. The van der Waals surface area contributed by atoms with Crippen LogP contribution in [0.25, 0.3) is 11.2 Å². The van der Waals surface area contributed by atoms with Crippen LogP contribution in [0.1, 0.15) is 20.3 Å². The molecule has 7 heteroatoms. The van der Waals surface area contributed by atoms with Crippen molar-refractivity contribution in [2.75, 3.05) is 0 Å². The highest BCUT2D eigenvalue weighted by Gasteiger charge is 2.26. The number of aromatic nitrogens is 3. The zero-order valence-corrected chi connectivity index (χ0v) is 11.6. The number of carbonyl (C=O) groups is 1. The van der Waals surface area contributed by atoms with Crippen molar-refractivity contribution in [3.05, 3.63) is 22.1 Å². The predicted molar refractivity (Wildman–Crippen MR) is 73.1 cm³/mol. The van der Waals surface area contributed by atoms with E-state index in [1.165, 1.54) is 0 Å². The number of pyridine rings is 1. The standard InChI is InChI=1S/C11H13ClN4OS/c1-11(2,4-8(13)17)16-9-7(15-10(16)18)3-6(12)5-14-9/h3,5H,4H2,1-2H3,(H2,13,17)(H,15,18). The summed E-state index contributed by atoms with van der Waals surface area (Å²) in [5, 5.41) is 0.526. The molecule has 0 saturated heterocycles. The topological polar surface area (TPSA) is 76.7 Å². The van der Waals surface area contributed by atoms with E-state index in [0.717, 1.165) is 5.52 Å². The maximum atomic E-state index is 11.1. The van der Waals surface area contributed by atoms with E-state index in [-0.39, 0.29) is 12.3 Å². The number of halogens is 1. The lowest BCUT2D eigenvalue weighted by molar-refractivity contribution is -0.119. The maximum Gasteiger partial charge on any atom is 0.219 e. The molecule has 96 valence electrons. The number of carbonyl (C=O) groups excluding carboxylic acids is 1. The number of fused-ring (bicyclic) bond motifs is 1. The lowest BCUT2D eigenvalue weighted by Gasteiger charge is -2.25. The highest BCUT2D eigenvalue weighted by molar-refractivity contribution is 7.71. The van der Waals surface area contributed by atoms with Crippen LogP contribution >= 0.6 is 23.8 Å². The first-order valence-electron chi connectivity index (χ1n) is 5.36. The fraction of sp³-hybridized carbons (Fsp3) is 0.364. The highest BCUT2D eigenvalue weighted by atomic mass is 35.5. The number of hydrogen-bond donors (Lipinski definition) is 2. The second kappa shape index (κ2) is 4.37. The van der Waals surface area contributed by atoms with Crippen molar-refractivity contribution in [3.63, 3.8) is 0 Å². The van der Waals surface area contributed by atoms with Gasteiger partial charge in [-0.25, -0.2) is 4.98 Å². The number of amides is 1. The van der Waals surface area contributed by atoms with Gasteiger partial charge in [0, 0.05) is 12.6 Å². The van der Waals surface area contributed by atoms with Gasteiger partial charge >= 0.3 is 0 Å². The minimum absolute atomic E-state index is 0.179. The molecule has 0 aliphatic heterocycles. The normalized spacial score (nSPS) is 11.9. The summed E-state index contributed by atoms with van der Waals surface area (Å²) in [5.74, 6) is -0.384. The van der Waals surface area contributed by atoms with E-state index in [0.29, 0.717) is 15.4 Å². The first-order valence-corrected chi connectivity index (χ1v) is 6.15. The van der Waals surface area contributed by atoms with Gasteiger partial charge in [0.25, 0.3) is 0 Å². The van der Waals surface area contributed by atoms with E-state index in [1.807, 2.05) is 13.8 Å². The molecule has 1 amide bonds. The Morgan fingerprint density at radius 1 is 1.67 bits per heavy atom. The van der Waals surface area contributed by atoms with Crippen LogP contribution in [0.3, 0.4) is 0 Å². The van der Waals surface area contributed by atoms with Crippen LogP contribution in [0, 0.1) is 4.77 Å². The monoisotopic (exact) mass is 284 g/mol. The second-order valence-electron chi connectivity index (χ2n) is 4.75. The first-order chi connectivity index (χ1) is 8.31. The first kappa shape index (κ1) is 13.0. The lowest BCUT2D eigenvalue weighted by Crippen LogP contribution is -2.32. The molecular weight excluding hydrogens is 272 g/mol. The van der Waals surface area contributed by atoms with Crippen LogP contribution in [0.2, 0.25) is 5.02 Å². The Morgan fingerprint density at radius 2 is 2.33 bits per heavy atom. The number of hydrogen-bond acceptors (Lipinski definition) is 3. The summed E-state index contributed by atoms with van der Waals surface area (Å²) >= 11 is 11.1. The van der Waals surface area contributed by atoms with E-state index >= 15 is 0 Å². The molecule has 3 N–H and O–H groups in total. The summed E-state index contributed by atoms with van der Waals surface area (Å²) in [6.45, 7) is 3.77. The van der Waals surface area contributed by atoms with Gasteiger partial charge in [0.05, 0.1) is 16.1 Å². The molecule has 0 atom stereocenters. The number of nitrogens with one attached hydrogen (secondary N) is 1. The van der Waals surface area contributed by atoms with Gasteiger partial charge in [0.15, 0.2) is 10.4 Å². The molecule has 5 nitrogen and oxygen atoms in total. The van der Waals surface area contributed by atoms with Crippen LogP contribution in [-0.2, 0) is 10.3 Å². The summed E-state index contributed by atoms with van der Waals surface area (Å²) in [5.41, 5.74) is 6.13. The van der Waals surface area contributed by atoms with E-state index in [2.05, 4.69) is 9.97 Å². The van der Waals surface area contributed by atoms with Crippen molar-refractivity contribution in [3.8, 4) is 0 Å². The molecule has 0 spiro atoms. The third-order valence-electron chi connectivity index (χ3n) is 2.70. The van der Waals surface area contributed by atoms with Crippen LogP contribution in [0.5, 0.6) is 0 Å². The third-order valence-corrected chi connectivity index (χ3v) is 3.19. The molecule has 2 rings (SSSR count). The molecule has 0 saturated carbocycles. The largest absolute Gasteiger partial charge is 0.370 e. The van der Waals surface area contributed by atoms with Gasteiger partial charge in [-0.2, -0.15) is 0 Å². The molecule has 0 aliphatic rings. The highest BCUT2D eigenvalue weighted by Crippen LogP contribution is 2.26. The van der Waals surface area contributed by atoms with Gasteiger partial charge in [-0.05, 0) is 32.1 Å². The van der Waals surface area contributed by atoms with Crippen LogP contribution in [0.4, 0.5) is 0 Å². The minimum atomic E-state index is -0.540. The Hall–Kier alpha value is -1.40. The molecule has 0 fully saturated rings. The van der Waals surface area contributed by atoms with Crippen molar-refractivity contribution in [2.24, 2.45) is 5.73 Å². The van der Waals surface area contributed by atoms with E-state index in [4.69, 9.17) is 29.6 Å². The summed E-state index contributed by atoms with van der Waals surface area (Å²) in [7, 11) is 0. The van der Waals surface area contributed by atoms with Crippen molar-refractivity contribution in [1.29, 1.82) is 0 Å². The molecule has 18 heavy (non-hydrogen) atoms. The van der Waals surface area contributed by atoms with Crippen LogP contribution in [-0.4, -0.2) is 20.4 Å². The molecule has 0 aliphatic carbocycles. The second-order valence-corrected chi connectivity index (χ2v) is 5.57. The number of aromatic amines is 1. The van der Waals surface area contributed by atoms with E-state index in [9.17, 15) is 4.79 Å². The summed E-state index contributed by atoms with van der Waals surface area (Å²) in [4.78, 5) is 18.4. The van der Waals surface area contributed by atoms with Crippen molar-refractivity contribution in [2.45, 2.75) is 25.8 Å². The number of H-pyrrole nitrogens is 1. The van der Waals surface area contributed by atoms with Crippen molar-refractivity contribution < 1.29 is 4.79 Å². The summed E-state index contributed by atoms with van der Waals surface area (Å²) in [6, 6.07) is 1.75. The minimum Gasteiger partial charge on any atom is -0.370 e. The van der Waals surface area contributed by atoms with Crippen molar-refractivity contribution >= 4 is 40.9 Å². The predicted octanol–water partition coefficient (Wildman–Crippen LogP) is 2.36. The van der Waals surface area contributed by atoms with Crippen molar-refractivity contribution in [1.82, 2.24) is 14.5 Å². The Morgan fingerprint density at radius 3 is 2.94 bits per heavy atom. The van der Waals surface area contributed by atoms with Crippen LogP contribution < -0.4 is 5.73 Å². The Kier molecular flexibility index (Phi) is 3.16. The summed E-state index contributed by atoms with van der Waals surface area (Å²) < 4.78 is 2.28. The molecule has 2 heterocycles. The van der Waals surface area contributed by atoms with Gasteiger partial charge in [-0.1, -0.05) is 11.6 Å². The molecule has 2 aromatic rings. The number of imidazole rings is 1. The van der Waals surface area contributed by atoms with Gasteiger partial charge in [0.1, 0.15) is 0 Å². The Bertz CT molecular complexity index is 673. The average Bonchev–Trinajstić information content (AvgIpc) is 2.51. The zero-order chi connectivity index (χ0) is 13.5. The van der Waals surface area contributed by atoms with Gasteiger partial charge in [0.2, 0.25) is 5.91 Å². The molecule has 0 bridgehead atoms. The Labute approximate surface area is 114 Å². The quantitative estimate of drug-likeness (QED) is 0.850. The molecule has 0 aromatic carbocycles. The number of rotatable bonds is 3. The fourth-order valence-electron chi connectivity index (χ4n) is 2.04. The third kappa shape index (κ3) is 2.26. The average molecular weight is 285 g/mol. The van der Waals surface area contributed by atoms with Gasteiger partial charge < -0.3 is 10.7 Å². The number of nitrogens with zero attached hydrogens (tertiary/aromatic N) is 2. The molecular formula is C11H13ClN4OS. The van der Waals surface area contributed by atoms with Gasteiger partial charge in [-0.3, -0.25) is 9.36 Å². The molecule has 0 unspecified atom stereocenters. The van der Waals surface area contributed by atoms with Crippen LogP contribution in [0.15, 0.2) is 12.3 Å². The lowest BCUT2D eigenvalue weighted by atomic mass is 10.00. The van der Waals surface area contributed by atoms with Gasteiger partial charge in [-0.15, -0.1) is 0 Å². The number of primary amides is 1. The SMILES string of the molecule is CC(C)(CC(N)=O)n1c(=S)[nH]c2cc(Cl)cnc21. The van der Waals surface area contributed by atoms with E-state index in [1.54, 1.807) is 16.8 Å². The number of nitrogens with two attached hydrogens (primary N) is 1. The molecule has 2 aromatic heterocycles. The molecule has 0 radical (unpaired) electrons.